The largest absolute Gasteiger partial charge is 0.491 e. The lowest BCUT2D eigenvalue weighted by Gasteiger charge is -2.06. The molecule has 2 aromatic rings. The molecule has 2 saturated heterocycles. The zero-order valence-electron chi connectivity index (χ0n) is 12.0. The smallest absolute Gasteiger partial charge is 0.316 e. The Labute approximate surface area is 128 Å². The minimum absolute atomic E-state index is 0.205. The van der Waals surface area contributed by atoms with E-state index in [4.69, 9.17) is 18.9 Å². The van der Waals surface area contributed by atoms with Crippen molar-refractivity contribution in [2.45, 2.75) is 12.2 Å². The van der Waals surface area contributed by atoms with E-state index in [0.717, 1.165) is 30.1 Å². The van der Waals surface area contributed by atoms with Crippen LogP contribution in [0.2, 0.25) is 0 Å². The first-order valence-electron chi connectivity index (χ1n) is 7.28. The van der Waals surface area contributed by atoms with Crippen LogP contribution in [0.15, 0.2) is 36.7 Å². The van der Waals surface area contributed by atoms with Crippen molar-refractivity contribution in [1.29, 1.82) is 0 Å². The number of epoxide rings is 2. The summed E-state index contributed by atoms with van der Waals surface area (Å²) in [5.41, 5.74) is 1.97. The van der Waals surface area contributed by atoms with Crippen molar-refractivity contribution in [3.8, 4) is 22.9 Å². The number of rotatable bonds is 7. The van der Waals surface area contributed by atoms with E-state index in [1.165, 1.54) is 0 Å². The van der Waals surface area contributed by atoms with Crippen molar-refractivity contribution < 1.29 is 18.9 Å². The Kier molecular flexibility index (Phi) is 3.62. The molecule has 0 bridgehead atoms. The summed E-state index contributed by atoms with van der Waals surface area (Å²) >= 11 is 0. The molecule has 2 fully saturated rings. The highest BCUT2D eigenvalue weighted by atomic mass is 16.6. The van der Waals surface area contributed by atoms with Crippen LogP contribution in [-0.2, 0) is 9.47 Å². The fraction of sp³-hybridized carbons (Fsp3) is 0.375. The third kappa shape index (κ3) is 3.52. The third-order valence-electron chi connectivity index (χ3n) is 3.45. The van der Waals surface area contributed by atoms with Crippen molar-refractivity contribution in [1.82, 2.24) is 9.97 Å². The lowest BCUT2D eigenvalue weighted by molar-refractivity contribution is 0.246. The monoisotopic (exact) mass is 300 g/mol. The maximum atomic E-state index is 5.61. The van der Waals surface area contributed by atoms with Gasteiger partial charge in [-0.25, -0.2) is 9.97 Å². The maximum absolute atomic E-state index is 5.61. The third-order valence-corrected chi connectivity index (χ3v) is 3.45. The van der Waals surface area contributed by atoms with E-state index in [9.17, 15) is 0 Å². The summed E-state index contributed by atoms with van der Waals surface area (Å²) < 4.78 is 21.2. The van der Waals surface area contributed by atoms with Gasteiger partial charge >= 0.3 is 6.01 Å². The molecule has 2 aliphatic rings. The normalized spacial score (nSPS) is 22.2. The molecule has 3 heterocycles. The second-order valence-electron chi connectivity index (χ2n) is 5.31. The van der Waals surface area contributed by atoms with Crippen LogP contribution >= 0.6 is 0 Å². The molecule has 0 saturated carbocycles. The number of nitrogens with zero attached hydrogens (tertiary/aromatic N) is 2. The topological polar surface area (TPSA) is 69.3 Å². The van der Waals surface area contributed by atoms with Crippen LogP contribution in [0.5, 0.6) is 11.8 Å². The van der Waals surface area contributed by atoms with Crippen molar-refractivity contribution in [3.05, 3.63) is 36.7 Å². The molecule has 2 unspecified atom stereocenters. The Bertz CT molecular complexity index is 564. The van der Waals surface area contributed by atoms with Gasteiger partial charge in [-0.2, -0.15) is 0 Å². The maximum Gasteiger partial charge on any atom is 0.316 e. The molecule has 6 nitrogen and oxygen atoms in total. The van der Waals surface area contributed by atoms with Crippen molar-refractivity contribution in [2.75, 3.05) is 26.4 Å². The molecule has 22 heavy (non-hydrogen) atoms. The second kappa shape index (κ2) is 5.90. The van der Waals surface area contributed by atoms with Crippen molar-refractivity contribution in [2.24, 2.45) is 0 Å². The minimum Gasteiger partial charge on any atom is -0.491 e. The fourth-order valence-electron chi connectivity index (χ4n) is 1.97. The SMILES string of the molecule is c1cc(-c2cnc(OCC3CO3)nc2)ccc1OCC1CO1. The van der Waals surface area contributed by atoms with Crippen LogP contribution in [0.3, 0.4) is 0 Å². The van der Waals surface area contributed by atoms with Crippen LogP contribution < -0.4 is 9.47 Å². The molecule has 2 atom stereocenters. The summed E-state index contributed by atoms with van der Waals surface area (Å²) in [6, 6.07) is 8.23. The lowest BCUT2D eigenvalue weighted by Crippen LogP contribution is -2.06. The van der Waals surface area contributed by atoms with Crippen molar-refractivity contribution in [3.63, 3.8) is 0 Å². The highest BCUT2D eigenvalue weighted by Gasteiger charge is 2.24. The van der Waals surface area contributed by atoms with Crippen molar-refractivity contribution >= 4 is 0 Å². The van der Waals surface area contributed by atoms with E-state index in [1.807, 2.05) is 24.3 Å². The van der Waals surface area contributed by atoms with Gasteiger partial charge in [0.15, 0.2) is 0 Å². The Hall–Kier alpha value is -2.18. The van der Waals surface area contributed by atoms with Gasteiger partial charge in [-0.15, -0.1) is 0 Å². The Morgan fingerprint density at radius 1 is 0.864 bits per heavy atom. The number of aromatic nitrogens is 2. The molecule has 4 rings (SSSR count). The predicted octanol–water partition coefficient (Wildman–Crippen LogP) is 1.70. The fourth-order valence-corrected chi connectivity index (χ4v) is 1.97. The zero-order valence-corrected chi connectivity index (χ0v) is 12.0. The molecule has 1 aromatic heterocycles. The molecule has 0 N–H and O–H groups in total. The summed E-state index contributed by atoms with van der Waals surface area (Å²) in [5.74, 6) is 0.838. The summed E-state index contributed by atoms with van der Waals surface area (Å²) in [6.07, 6.45) is 3.98. The van der Waals surface area contributed by atoms with Gasteiger partial charge in [0.25, 0.3) is 0 Å². The van der Waals surface area contributed by atoms with Crippen LogP contribution in [-0.4, -0.2) is 48.6 Å². The van der Waals surface area contributed by atoms with Crippen LogP contribution in [0, 0.1) is 0 Å². The van der Waals surface area contributed by atoms with E-state index in [2.05, 4.69) is 9.97 Å². The molecule has 6 heteroatoms. The number of ether oxygens (including phenoxy) is 4. The molecule has 0 radical (unpaired) electrons. The molecule has 1 aromatic carbocycles. The van der Waals surface area contributed by atoms with Gasteiger partial charge in [0.2, 0.25) is 0 Å². The van der Waals surface area contributed by atoms with Crippen LogP contribution in [0.25, 0.3) is 11.1 Å². The minimum atomic E-state index is 0.205. The average molecular weight is 300 g/mol. The van der Waals surface area contributed by atoms with Gasteiger partial charge in [0.1, 0.15) is 31.2 Å². The van der Waals surface area contributed by atoms with Gasteiger partial charge in [-0.05, 0) is 17.7 Å². The molecule has 0 amide bonds. The van der Waals surface area contributed by atoms with E-state index in [0.29, 0.717) is 19.2 Å². The highest BCUT2D eigenvalue weighted by molar-refractivity contribution is 5.62. The van der Waals surface area contributed by atoms with E-state index < -0.39 is 0 Å². The van der Waals surface area contributed by atoms with Gasteiger partial charge in [0, 0.05) is 18.0 Å². The van der Waals surface area contributed by atoms with Crippen LogP contribution in [0.1, 0.15) is 0 Å². The number of benzene rings is 1. The van der Waals surface area contributed by atoms with E-state index in [-0.39, 0.29) is 12.2 Å². The van der Waals surface area contributed by atoms with Crippen LogP contribution in [0.4, 0.5) is 0 Å². The molecule has 114 valence electrons. The average Bonchev–Trinajstić information content (AvgIpc) is 3.47. The standard InChI is InChI=1S/C16H16N2O4/c1-3-13(19-7-14-8-20-14)4-2-11(1)12-5-17-16(18-6-12)22-10-15-9-21-15/h1-6,14-15H,7-10H2. The molecular weight excluding hydrogens is 284 g/mol. The van der Waals surface area contributed by atoms with E-state index in [1.54, 1.807) is 12.4 Å². The molecule has 0 spiro atoms. The summed E-state index contributed by atoms with van der Waals surface area (Å²) in [5, 5.41) is 0. The van der Waals surface area contributed by atoms with Gasteiger partial charge in [-0.1, -0.05) is 12.1 Å². The first kappa shape index (κ1) is 13.5. The Morgan fingerprint density at radius 2 is 1.45 bits per heavy atom. The predicted molar refractivity (Wildman–Crippen MR) is 77.9 cm³/mol. The number of hydrogen-bond acceptors (Lipinski definition) is 6. The van der Waals surface area contributed by atoms with E-state index >= 15 is 0 Å². The first-order chi connectivity index (χ1) is 10.9. The quantitative estimate of drug-likeness (QED) is 0.725. The first-order valence-corrected chi connectivity index (χ1v) is 7.28. The Morgan fingerprint density at radius 3 is 2.05 bits per heavy atom. The van der Waals surface area contributed by atoms with Gasteiger partial charge in [0.05, 0.1) is 13.2 Å². The lowest BCUT2D eigenvalue weighted by atomic mass is 10.1. The highest BCUT2D eigenvalue weighted by Crippen LogP contribution is 2.23. The zero-order chi connectivity index (χ0) is 14.8. The molecular formula is C16H16N2O4. The summed E-state index contributed by atoms with van der Waals surface area (Å²) in [4.78, 5) is 8.42. The van der Waals surface area contributed by atoms with Gasteiger partial charge < -0.3 is 18.9 Å². The number of hydrogen-bond donors (Lipinski definition) is 0. The summed E-state index contributed by atoms with van der Waals surface area (Å²) in [6.45, 7) is 2.69. The Balaban J connectivity index is 1.37. The summed E-state index contributed by atoms with van der Waals surface area (Å²) in [7, 11) is 0. The molecule has 2 aliphatic heterocycles. The second-order valence-corrected chi connectivity index (χ2v) is 5.31. The van der Waals surface area contributed by atoms with Gasteiger partial charge in [-0.3, -0.25) is 0 Å². The molecule has 0 aliphatic carbocycles.